The Bertz CT molecular complexity index is 130. The lowest BCUT2D eigenvalue weighted by atomic mass is 9.74. The number of hydrogen-bond acceptors (Lipinski definition) is 1. The molecule has 0 aromatic heterocycles. The molecule has 0 radical (unpaired) electrons. The molecular formula is C11H25N. The van der Waals surface area contributed by atoms with Gasteiger partial charge in [0.05, 0.1) is 0 Å². The van der Waals surface area contributed by atoms with Crippen molar-refractivity contribution in [2.45, 2.75) is 59.9 Å². The molecule has 2 unspecified atom stereocenters. The lowest BCUT2D eigenvalue weighted by Gasteiger charge is -2.36. The van der Waals surface area contributed by atoms with Crippen molar-refractivity contribution >= 4 is 0 Å². The third-order valence-corrected chi connectivity index (χ3v) is 2.65. The molecule has 0 heterocycles. The van der Waals surface area contributed by atoms with Crippen LogP contribution in [0.3, 0.4) is 0 Å². The topological polar surface area (TPSA) is 26.0 Å². The van der Waals surface area contributed by atoms with Gasteiger partial charge >= 0.3 is 0 Å². The Morgan fingerprint density at radius 3 is 1.83 bits per heavy atom. The summed E-state index contributed by atoms with van der Waals surface area (Å²) >= 11 is 0. The first-order valence-corrected chi connectivity index (χ1v) is 4.98. The molecule has 0 aliphatic carbocycles. The quantitative estimate of drug-likeness (QED) is 0.693. The summed E-state index contributed by atoms with van der Waals surface area (Å²) in [6, 6.07) is 0. The van der Waals surface area contributed by atoms with Crippen molar-refractivity contribution in [3.05, 3.63) is 0 Å². The molecule has 0 amide bonds. The minimum Gasteiger partial charge on any atom is -0.325 e. The molecule has 0 aliphatic rings. The predicted molar refractivity (Wildman–Crippen MR) is 56.1 cm³/mol. The van der Waals surface area contributed by atoms with Crippen molar-refractivity contribution in [3.63, 3.8) is 0 Å². The molecule has 0 bridgehead atoms. The zero-order valence-electron chi connectivity index (χ0n) is 9.57. The molecule has 0 saturated carbocycles. The Hall–Kier alpha value is -0.0400. The van der Waals surface area contributed by atoms with E-state index in [-0.39, 0.29) is 5.54 Å². The molecule has 0 saturated heterocycles. The first kappa shape index (κ1) is 12.0. The summed E-state index contributed by atoms with van der Waals surface area (Å²) in [7, 11) is 0. The lowest BCUT2D eigenvalue weighted by molar-refractivity contribution is 0.203. The van der Waals surface area contributed by atoms with Crippen LogP contribution in [0.25, 0.3) is 0 Å². The Balaban J connectivity index is 4.22. The third kappa shape index (κ3) is 4.10. The van der Waals surface area contributed by atoms with Crippen LogP contribution in [0.2, 0.25) is 0 Å². The average Bonchev–Trinajstić information content (AvgIpc) is 1.80. The van der Waals surface area contributed by atoms with Gasteiger partial charge in [-0.2, -0.15) is 0 Å². The molecule has 0 aromatic rings. The third-order valence-electron chi connectivity index (χ3n) is 2.65. The number of hydrogen-bond donors (Lipinski definition) is 1. The molecule has 1 nitrogen and oxygen atoms in total. The van der Waals surface area contributed by atoms with Crippen LogP contribution in [0.1, 0.15) is 54.4 Å². The summed E-state index contributed by atoms with van der Waals surface area (Å²) in [5.74, 6) is 0.608. The van der Waals surface area contributed by atoms with Crippen LogP contribution in [0, 0.1) is 11.3 Å². The molecular weight excluding hydrogens is 146 g/mol. The van der Waals surface area contributed by atoms with Gasteiger partial charge in [0.25, 0.3) is 0 Å². The van der Waals surface area contributed by atoms with E-state index in [0.29, 0.717) is 11.3 Å². The molecule has 1 heteroatoms. The summed E-state index contributed by atoms with van der Waals surface area (Å²) < 4.78 is 0. The van der Waals surface area contributed by atoms with Crippen molar-refractivity contribution in [2.24, 2.45) is 17.1 Å². The minimum absolute atomic E-state index is 0.00694. The zero-order valence-corrected chi connectivity index (χ0v) is 9.57. The molecule has 0 spiro atoms. The van der Waals surface area contributed by atoms with Crippen LogP contribution >= 0.6 is 0 Å². The maximum atomic E-state index is 6.26. The average molecular weight is 171 g/mol. The van der Waals surface area contributed by atoms with Crippen molar-refractivity contribution in [1.29, 1.82) is 0 Å². The van der Waals surface area contributed by atoms with Crippen LogP contribution in [-0.4, -0.2) is 5.54 Å². The normalized spacial score (nSPS) is 20.2. The molecule has 0 aromatic carbocycles. The highest BCUT2D eigenvalue weighted by atomic mass is 14.7. The summed E-state index contributed by atoms with van der Waals surface area (Å²) in [5.41, 5.74) is 6.59. The van der Waals surface area contributed by atoms with E-state index in [1.807, 2.05) is 0 Å². The zero-order chi connectivity index (χ0) is 9.99. The van der Waals surface area contributed by atoms with Crippen LogP contribution < -0.4 is 5.73 Å². The van der Waals surface area contributed by atoms with Crippen molar-refractivity contribution in [2.75, 3.05) is 0 Å². The maximum Gasteiger partial charge on any atom is 0.0156 e. The lowest BCUT2D eigenvalue weighted by Crippen LogP contribution is -2.45. The Kier molecular flexibility index (Phi) is 3.77. The van der Waals surface area contributed by atoms with Crippen molar-refractivity contribution < 1.29 is 0 Å². The van der Waals surface area contributed by atoms with Gasteiger partial charge in [0.1, 0.15) is 0 Å². The molecule has 0 aliphatic heterocycles. The number of nitrogens with two attached hydrogens (primary N) is 1. The second kappa shape index (κ2) is 3.78. The second-order valence-electron chi connectivity index (χ2n) is 5.55. The summed E-state index contributed by atoms with van der Waals surface area (Å²) in [6.07, 6.45) is 2.26. The molecule has 74 valence electrons. The van der Waals surface area contributed by atoms with Gasteiger partial charge in [-0.3, -0.25) is 0 Å². The second-order valence-corrected chi connectivity index (χ2v) is 5.55. The molecule has 2 atom stereocenters. The highest BCUT2D eigenvalue weighted by Gasteiger charge is 2.30. The van der Waals surface area contributed by atoms with E-state index >= 15 is 0 Å². The van der Waals surface area contributed by atoms with E-state index < -0.39 is 0 Å². The summed E-state index contributed by atoms with van der Waals surface area (Å²) in [5, 5.41) is 0. The van der Waals surface area contributed by atoms with Crippen molar-refractivity contribution in [3.8, 4) is 0 Å². The van der Waals surface area contributed by atoms with Gasteiger partial charge in [-0.15, -0.1) is 0 Å². The fraction of sp³-hybridized carbons (Fsp3) is 1.00. The number of rotatable bonds is 3. The van der Waals surface area contributed by atoms with E-state index in [9.17, 15) is 0 Å². The van der Waals surface area contributed by atoms with Crippen LogP contribution in [0.5, 0.6) is 0 Å². The minimum atomic E-state index is -0.00694. The highest BCUT2D eigenvalue weighted by molar-refractivity contribution is 4.87. The SMILES string of the molecule is CCC(C)C(C)(N)CC(C)(C)C. The van der Waals surface area contributed by atoms with E-state index in [4.69, 9.17) is 5.73 Å². The van der Waals surface area contributed by atoms with Crippen molar-refractivity contribution in [1.82, 2.24) is 0 Å². The largest absolute Gasteiger partial charge is 0.325 e. The molecule has 2 N–H and O–H groups in total. The molecule has 0 rings (SSSR count). The predicted octanol–water partition coefficient (Wildman–Crippen LogP) is 3.19. The van der Waals surface area contributed by atoms with E-state index in [1.165, 1.54) is 6.42 Å². The first-order chi connectivity index (χ1) is 5.19. The van der Waals surface area contributed by atoms with Gasteiger partial charge < -0.3 is 5.73 Å². The fourth-order valence-electron chi connectivity index (χ4n) is 1.78. The molecule has 12 heavy (non-hydrogen) atoms. The van der Waals surface area contributed by atoms with E-state index in [0.717, 1.165) is 6.42 Å². The Morgan fingerprint density at radius 2 is 1.58 bits per heavy atom. The van der Waals surface area contributed by atoms with Gasteiger partial charge in [-0.25, -0.2) is 0 Å². The summed E-state index contributed by atoms with van der Waals surface area (Å²) in [4.78, 5) is 0. The van der Waals surface area contributed by atoms with Gasteiger partial charge in [0.15, 0.2) is 0 Å². The van der Waals surface area contributed by atoms with Crippen LogP contribution in [-0.2, 0) is 0 Å². The smallest absolute Gasteiger partial charge is 0.0156 e. The van der Waals surface area contributed by atoms with Gasteiger partial charge in [0, 0.05) is 5.54 Å². The van der Waals surface area contributed by atoms with Crippen LogP contribution in [0.15, 0.2) is 0 Å². The maximum absolute atomic E-state index is 6.26. The van der Waals surface area contributed by atoms with E-state index in [2.05, 4.69) is 41.5 Å². The van der Waals surface area contributed by atoms with Crippen LogP contribution in [0.4, 0.5) is 0 Å². The monoisotopic (exact) mass is 171 g/mol. The van der Waals surface area contributed by atoms with E-state index in [1.54, 1.807) is 0 Å². The molecule has 0 fully saturated rings. The van der Waals surface area contributed by atoms with Gasteiger partial charge in [0.2, 0.25) is 0 Å². The Morgan fingerprint density at radius 1 is 1.17 bits per heavy atom. The Labute approximate surface area is 77.7 Å². The van der Waals surface area contributed by atoms with Gasteiger partial charge in [-0.05, 0) is 24.7 Å². The van der Waals surface area contributed by atoms with Gasteiger partial charge in [-0.1, -0.05) is 41.0 Å². The fourth-order valence-corrected chi connectivity index (χ4v) is 1.78. The first-order valence-electron chi connectivity index (χ1n) is 4.98. The standard InChI is InChI=1S/C11H25N/c1-7-9(2)11(6,12)8-10(3,4)5/h9H,7-8,12H2,1-6H3. The highest BCUT2D eigenvalue weighted by Crippen LogP contribution is 2.31. The summed E-state index contributed by atoms with van der Waals surface area (Å²) in [6.45, 7) is 13.4.